The van der Waals surface area contributed by atoms with Gasteiger partial charge < -0.3 is 24.7 Å². The molecule has 0 aromatic heterocycles. The van der Waals surface area contributed by atoms with Crippen LogP contribution in [-0.4, -0.2) is 48.4 Å². The Bertz CT molecular complexity index is 817. The lowest BCUT2D eigenvalue weighted by Crippen LogP contribution is -2.50. The molecule has 1 aromatic rings. The molecular weight excluding hydrogens is 404 g/mol. The zero-order chi connectivity index (χ0) is 23.3. The van der Waals surface area contributed by atoms with Gasteiger partial charge in [-0.05, 0) is 50.8 Å². The average Bonchev–Trinajstić information content (AvgIpc) is 3.12. The van der Waals surface area contributed by atoms with Gasteiger partial charge in [-0.1, -0.05) is 19.9 Å². The van der Waals surface area contributed by atoms with Crippen LogP contribution in [0.15, 0.2) is 18.2 Å². The fourth-order valence-electron chi connectivity index (χ4n) is 3.19. The van der Waals surface area contributed by atoms with Crippen molar-refractivity contribution in [2.24, 2.45) is 11.7 Å². The predicted octanol–water partition coefficient (Wildman–Crippen LogP) is 3.16. The molecule has 2 rings (SSSR count). The SMILES string of the molecule is COC(=O)CC(c1ccc2c(c1)OCO2)N(C(=O)OC(C)(C)C)C(=O)[C@@H](N)CC(C)C. The Hall–Kier alpha value is -2.81. The van der Waals surface area contributed by atoms with Crippen LogP contribution in [0.5, 0.6) is 11.5 Å². The molecule has 0 aliphatic carbocycles. The van der Waals surface area contributed by atoms with Crippen LogP contribution in [0.1, 0.15) is 59.1 Å². The first-order valence-corrected chi connectivity index (χ1v) is 10.2. The molecule has 1 aliphatic rings. The number of benzene rings is 1. The standard InChI is InChI=1S/C22H32N2O7/c1-13(2)9-15(23)20(26)24(21(27)31-22(3,4)5)16(11-19(25)28-6)14-7-8-17-18(10-14)30-12-29-17/h7-8,10,13,15-16H,9,11-12,23H2,1-6H3/t15-,16?/m0/s1. The first-order valence-electron chi connectivity index (χ1n) is 10.2. The number of rotatable bonds is 7. The Morgan fingerprint density at radius 1 is 1.16 bits per heavy atom. The molecule has 9 nitrogen and oxygen atoms in total. The molecule has 1 unspecified atom stereocenters. The fraction of sp³-hybridized carbons (Fsp3) is 0.591. The molecule has 172 valence electrons. The van der Waals surface area contributed by atoms with Crippen molar-refractivity contribution in [1.82, 2.24) is 4.90 Å². The van der Waals surface area contributed by atoms with Crippen molar-refractivity contribution in [3.05, 3.63) is 23.8 Å². The van der Waals surface area contributed by atoms with Gasteiger partial charge in [0.15, 0.2) is 11.5 Å². The molecule has 9 heteroatoms. The second kappa shape index (κ2) is 10.00. The summed E-state index contributed by atoms with van der Waals surface area (Å²) in [4.78, 5) is 39.6. The van der Waals surface area contributed by atoms with E-state index >= 15 is 0 Å². The second-order valence-electron chi connectivity index (χ2n) is 8.83. The fourth-order valence-corrected chi connectivity index (χ4v) is 3.19. The van der Waals surface area contributed by atoms with E-state index in [1.807, 2.05) is 13.8 Å². The van der Waals surface area contributed by atoms with E-state index in [0.717, 1.165) is 4.90 Å². The topological polar surface area (TPSA) is 117 Å². The minimum absolute atomic E-state index is 0.0639. The van der Waals surface area contributed by atoms with Gasteiger partial charge in [0, 0.05) is 0 Å². The molecule has 0 bridgehead atoms. The number of ether oxygens (including phenoxy) is 4. The number of carbonyl (C=O) groups is 3. The summed E-state index contributed by atoms with van der Waals surface area (Å²) < 4.78 is 21.1. The number of methoxy groups -OCH3 is 1. The smallest absolute Gasteiger partial charge is 0.417 e. The first-order chi connectivity index (χ1) is 14.4. The van der Waals surface area contributed by atoms with Crippen LogP contribution in [0.4, 0.5) is 4.79 Å². The van der Waals surface area contributed by atoms with Gasteiger partial charge in [-0.25, -0.2) is 9.69 Å². The highest BCUT2D eigenvalue weighted by atomic mass is 16.7. The predicted molar refractivity (Wildman–Crippen MR) is 112 cm³/mol. The Morgan fingerprint density at radius 3 is 2.39 bits per heavy atom. The van der Waals surface area contributed by atoms with Crippen molar-refractivity contribution in [3.8, 4) is 11.5 Å². The van der Waals surface area contributed by atoms with E-state index in [4.69, 9.17) is 24.7 Å². The molecule has 2 atom stereocenters. The van der Waals surface area contributed by atoms with E-state index in [0.29, 0.717) is 23.5 Å². The van der Waals surface area contributed by atoms with Gasteiger partial charge >= 0.3 is 12.1 Å². The third-order valence-corrected chi connectivity index (χ3v) is 4.55. The number of nitrogens with zero attached hydrogens (tertiary/aromatic N) is 1. The zero-order valence-corrected chi connectivity index (χ0v) is 19.0. The molecule has 2 N–H and O–H groups in total. The van der Waals surface area contributed by atoms with E-state index in [2.05, 4.69) is 0 Å². The summed E-state index contributed by atoms with van der Waals surface area (Å²) in [6, 6.07) is 3.02. The number of hydrogen-bond acceptors (Lipinski definition) is 8. The Balaban J connectivity index is 2.51. The highest BCUT2D eigenvalue weighted by Gasteiger charge is 2.38. The largest absolute Gasteiger partial charge is 0.469 e. The molecule has 0 saturated heterocycles. The van der Waals surface area contributed by atoms with Crippen LogP contribution in [0, 0.1) is 5.92 Å². The highest BCUT2D eigenvalue weighted by molar-refractivity contribution is 5.96. The van der Waals surface area contributed by atoms with Crippen molar-refractivity contribution >= 4 is 18.0 Å². The molecule has 1 aliphatic heterocycles. The molecule has 1 heterocycles. The van der Waals surface area contributed by atoms with Gasteiger partial charge in [0.05, 0.1) is 25.6 Å². The lowest BCUT2D eigenvalue weighted by Gasteiger charge is -2.33. The average molecular weight is 437 g/mol. The number of carbonyl (C=O) groups excluding carboxylic acids is 3. The highest BCUT2D eigenvalue weighted by Crippen LogP contribution is 2.37. The maximum Gasteiger partial charge on any atom is 0.417 e. The van der Waals surface area contributed by atoms with E-state index in [-0.39, 0.29) is 19.1 Å². The summed E-state index contributed by atoms with van der Waals surface area (Å²) in [6.45, 7) is 8.99. The minimum atomic E-state index is -0.998. The van der Waals surface area contributed by atoms with Crippen molar-refractivity contribution in [2.75, 3.05) is 13.9 Å². The van der Waals surface area contributed by atoms with Gasteiger partial charge in [-0.15, -0.1) is 0 Å². The van der Waals surface area contributed by atoms with Gasteiger partial charge in [-0.2, -0.15) is 0 Å². The van der Waals surface area contributed by atoms with Crippen LogP contribution in [0.2, 0.25) is 0 Å². The van der Waals surface area contributed by atoms with Crippen molar-refractivity contribution < 1.29 is 33.3 Å². The summed E-state index contributed by atoms with van der Waals surface area (Å²) in [6.07, 6.45) is -0.789. The van der Waals surface area contributed by atoms with Crippen molar-refractivity contribution in [1.29, 1.82) is 0 Å². The first kappa shape index (κ1) is 24.5. The van der Waals surface area contributed by atoms with Crippen LogP contribution in [0.25, 0.3) is 0 Å². The third-order valence-electron chi connectivity index (χ3n) is 4.55. The Kier molecular flexibility index (Phi) is 7.89. The van der Waals surface area contributed by atoms with Crippen LogP contribution >= 0.6 is 0 Å². The third kappa shape index (κ3) is 6.58. The monoisotopic (exact) mass is 436 g/mol. The molecule has 2 amide bonds. The molecule has 0 fully saturated rings. The maximum atomic E-state index is 13.3. The van der Waals surface area contributed by atoms with Gasteiger partial charge in [0.1, 0.15) is 5.60 Å². The Morgan fingerprint density at radius 2 is 1.81 bits per heavy atom. The van der Waals surface area contributed by atoms with Gasteiger partial charge in [-0.3, -0.25) is 9.59 Å². The number of nitrogens with two attached hydrogens (primary N) is 1. The zero-order valence-electron chi connectivity index (χ0n) is 19.0. The van der Waals surface area contributed by atoms with E-state index < -0.39 is 35.7 Å². The van der Waals surface area contributed by atoms with Crippen molar-refractivity contribution in [3.63, 3.8) is 0 Å². The molecular formula is C22H32N2O7. The summed E-state index contributed by atoms with van der Waals surface area (Å²) in [5.74, 6) is -0.109. The summed E-state index contributed by atoms with van der Waals surface area (Å²) >= 11 is 0. The number of esters is 1. The van der Waals surface area contributed by atoms with Crippen LogP contribution in [0.3, 0.4) is 0 Å². The molecule has 0 radical (unpaired) electrons. The van der Waals surface area contributed by atoms with Crippen LogP contribution < -0.4 is 15.2 Å². The minimum Gasteiger partial charge on any atom is -0.469 e. The van der Waals surface area contributed by atoms with Crippen LogP contribution in [-0.2, 0) is 19.1 Å². The van der Waals surface area contributed by atoms with E-state index in [1.54, 1.807) is 39.0 Å². The molecule has 0 saturated carbocycles. The second-order valence-corrected chi connectivity index (χ2v) is 8.83. The number of imide groups is 1. The lowest BCUT2D eigenvalue weighted by molar-refractivity contribution is -0.143. The molecule has 31 heavy (non-hydrogen) atoms. The number of hydrogen-bond donors (Lipinski definition) is 1. The summed E-state index contributed by atoms with van der Waals surface area (Å²) in [5.41, 5.74) is 5.76. The van der Waals surface area contributed by atoms with E-state index in [1.165, 1.54) is 7.11 Å². The summed E-state index contributed by atoms with van der Waals surface area (Å²) in [7, 11) is 1.24. The number of amides is 2. The van der Waals surface area contributed by atoms with Gasteiger partial charge in [0.2, 0.25) is 12.7 Å². The normalized spacial score (nSPS) is 14.7. The van der Waals surface area contributed by atoms with Crippen molar-refractivity contribution in [2.45, 2.75) is 65.1 Å². The molecule has 1 aromatic carbocycles. The lowest BCUT2D eigenvalue weighted by atomic mass is 9.98. The molecule has 0 spiro atoms. The maximum absolute atomic E-state index is 13.3. The Labute approximate surface area is 182 Å². The summed E-state index contributed by atoms with van der Waals surface area (Å²) in [5, 5.41) is 0. The quantitative estimate of drug-likeness (QED) is 0.648. The number of fused-ring (bicyclic) bond motifs is 1. The van der Waals surface area contributed by atoms with Gasteiger partial charge in [0.25, 0.3) is 0 Å². The van der Waals surface area contributed by atoms with E-state index in [9.17, 15) is 14.4 Å².